The van der Waals surface area contributed by atoms with Crippen LogP contribution in [0.15, 0.2) is 18.2 Å². The highest BCUT2D eigenvalue weighted by Crippen LogP contribution is 2.27. The zero-order valence-corrected chi connectivity index (χ0v) is 13.5. The molecule has 1 heterocycles. The van der Waals surface area contributed by atoms with Crippen LogP contribution < -0.4 is 10.2 Å². The van der Waals surface area contributed by atoms with Gasteiger partial charge < -0.3 is 15.3 Å². The van der Waals surface area contributed by atoms with Crippen LogP contribution in [0.25, 0.3) is 0 Å². The summed E-state index contributed by atoms with van der Waals surface area (Å²) in [4.78, 5) is 36.8. The molecule has 0 bridgehead atoms. The Kier molecular flexibility index (Phi) is 5.36. The third kappa shape index (κ3) is 3.88. The molecule has 124 valence electrons. The number of carbonyl (C=O) groups excluding carboxylic acids is 2. The van der Waals surface area contributed by atoms with Crippen LogP contribution in [-0.2, 0) is 16.0 Å². The summed E-state index contributed by atoms with van der Waals surface area (Å²) in [5, 5.41) is 11.8. The summed E-state index contributed by atoms with van der Waals surface area (Å²) in [5.74, 6) is -1.36. The second-order valence-electron chi connectivity index (χ2n) is 5.80. The number of anilines is 1. The number of nitrogens with zero attached hydrogens (tertiary/aromatic N) is 1. The van der Waals surface area contributed by atoms with E-state index in [1.807, 2.05) is 6.92 Å². The highest BCUT2D eigenvalue weighted by molar-refractivity contribution is 5.99. The fourth-order valence-electron chi connectivity index (χ4n) is 2.71. The van der Waals surface area contributed by atoms with E-state index in [0.29, 0.717) is 24.8 Å². The number of carboxylic acids is 1. The Morgan fingerprint density at radius 3 is 2.74 bits per heavy atom. The molecule has 6 nitrogen and oxygen atoms in total. The van der Waals surface area contributed by atoms with Crippen LogP contribution in [0, 0.1) is 0 Å². The number of carbonyl (C=O) groups is 3. The fourth-order valence-corrected chi connectivity index (χ4v) is 2.71. The van der Waals surface area contributed by atoms with E-state index in [-0.39, 0.29) is 5.91 Å². The summed E-state index contributed by atoms with van der Waals surface area (Å²) in [6.07, 6.45) is 3.05. The predicted molar refractivity (Wildman–Crippen MR) is 86.6 cm³/mol. The first-order valence-corrected chi connectivity index (χ1v) is 7.87. The van der Waals surface area contributed by atoms with E-state index in [1.54, 1.807) is 30.1 Å². The quantitative estimate of drug-likeness (QED) is 0.839. The van der Waals surface area contributed by atoms with Crippen molar-refractivity contribution in [3.05, 3.63) is 29.3 Å². The lowest BCUT2D eigenvalue weighted by Gasteiger charge is -2.26. The van der Waals surface area contributed by atoms with E-state index in [2.05, 4.69) is 5.32 Å². The molecular weight excluding hydrogens is 296 g/mol. The molecule has 23 heavy (non-hydrogen) atoms. The molecule has 6 heteroatoms. The van der Waals surface area contributed by atoms with E-state index >= 15 is 0 Å². The van der Waals surface area contributed by atoms with Crippen LogP contribution in [0.4, 0.5) is 5.69 Å². The Hall–Kier alpha value is -2.37. The van der Waals surface area contributed by atoms with Crippen LogP contribution in [0.1, 0.15) is 48.5 Å². The second-order valence-corrected chi connectivity index (χ2v) is 5.80. The monoisotopic (exact) mass is 318 g/mol. The molecule has 0 aliphatic carbocycles. The Labute approximate surface area is 135 Å². The number of amides is 2. The third-order valence-electron chi connectivity index (χ3n) is 4.14. The number of rotatable bonds is 6. The average molecular weight is 318 g/mol. The van der Waals surface area contributed by atoms with Crippen molar-refractivity contribution in [3.8, 4) is 0 Å². The van der Waals surface area contributed by atoms with Gasteiger partial charge in [0.1, 0.15) is 6.04 Å². The summed E-state index contributed by atoms with van der Waals surface area (Å²) in [7, 11) is 1.71. The van der Waals surface area contributed by atoms with Crippen molar-refractivity contribution in [2.24, 2.45) is 0 Å². The average Bonchev–Trinajstić information content (AvgIpc) is 2.54. The van der Waals surface area contributed by atoms with E-state index < -0.39 is 17.9 Å². The predicted octanol–water partition coefficient (Wildman–Crippen LogP) is 1.97. The Bertz CT molecular complexity index is 627. The normalized spacial score (nSPS) is 15.0. The fraction of sp³-hybridized carbons (Fsp3) is 0.471. The smallest absolute Gasteiger partial charge is 0.326 e. The molecule has 1 aromatic carbocycles. The van der Waals surface area contributed by atoms with Gasteiger partial charge in [0.15, 0.2) is 0 Å². The molecule has 0 aromatic heterocycles. The number of carboxylic acid groups (broad SMARTS) is 1. The summed E-state index contributed by atoms with van der Waals surface area (Å²) in [5.41, 5.74) is 2.16. The molecule has 1 atom stereocenters. The topological polar surface area (TPSA) is 86.7 Å². The maximum absolute atomic E-state index is 12.3. The molecule has 0 unspecified atom stereocenters. The Morgan fingerprint density at radius 1 is 1.35 bits per heavy atom. The van der Waals surface area contributed by atoms with Crippen LogP contribution >= 0.6 is 0 Å². The van der Waals surface area contributed by atoms with E-state index in [0.717, 1.165) is 24.1 Å². The first kappa shape index (κ1) is 17.0. The highest BCUT2D eigenvalue weighted by Gasteiger charge is 2.24. The number of aliphatic carboxylic acids is 1. The maximum atomic E-state index is 12.3. The molecule has 0 saturated heterocycles. The van der Waals surface area contributed by atoms with E-state index in [9.17, 15) is 19.5 Å². The van der Waals surface area contributed by atoms with Crippen molar-refractivity contribution >= 4 is 23.5 Å². The Balaban J connectivity index is 2.14. The van der Waals surface area contributed by atoms with Gasteiger partial charge >= 0.3 is 5.97 Å². The molecule has 1 aliphatic heterocycles. The lowest BCUT2D eigenvalue weighted by atomic mass is 9.98. The van der Waals surface area contributed by atoms with E-state index in [1.165, 1.54) is 0 Å². The van der Waals surface area contributed by atoms with Gasteiger partial charge in [-0.2, -0.15) is 0 Å². The molecule has 0 fully saturated rings. The zero-order valence-electron chi connectivity index (χ0n) is 13.5. The molecular formula is C17H22N2O4. The van der Waals surface area contributed by atoms with Crippen molar-refractivity contribution in [2.75, 3.05) is 11.9 Å². The van der Waals surface area contributed by atoms with E-state index in [4.69, 9.17) is 0 Å². The van der Waals surface area contributed by atoms with Gasteiger partial charge in [0.05, 0.1) is 0 Å². The minimum absolute atomic E-state index is 0.0557. The standard InChI is InChI=1S/C17H22N2O4/c1-3-4-5-13(17(22)23)18-16(21)12-6-8-14-11(10-12)7-9-15(20)19(14)2/h6,8,10,13H,3-5,7,9H2,1-2H3,(H,18,21)(H,22,23)/t13-/m0/s1. The van der Waals surface area contributed by atoms with Gasteiger partial charge in [-0.25, -0.2) is 4.79 Å². The van der Waals surface area contributed by atoms with Gasteiger partial charge in [-0.1, -0.05) is 19.8 Å². The Morgan fingerprint density at radius 2 is 2.09 bits per heavy atom. The summed E-state index contributed by atoms with van der Waals surface area (Å²) in [6, 6.07) is 4.24. The van der Waals surface area contributed by atoms with Crippen LogP contribution in [-0.4, -0.2) is 36.0 Å². The number of aryl methyl sites for hydroxylation is 1. The van der Waals surface area contributed by atoms with Gasteiger partial charge in [-0.3, -0.25) is 9.59 Å². The van der Waals surface area contributed by atoms with Crippen molar-refractivity contribution in [2.45, 2.75) is 45.1 Å². The third-order valence-corrected chi connectivity index (χ3v) is 4.14. The van der Waals surface area contributed by atoms with Crippen molar-refractivity contribution < 1.29 is 19.5 Å². The second kappa shape index (κ2) is 7.26. The molecule has 1 aliphatic rings. The first-order chi connectivity index (χ1) is 10.9. The van der Waals surface area contributed by atoms with Gasteiger partial charge in [-0.15, -0.1) is 0 Å². The summed E-state index contributed by atoms with van der Waals surface area (Å²) in [6.45, 7) is 1.97. The van der Waals surface area contributed by atoms with Crippen LogP contribution in [0.5, 0.6) is 0 Å². The van der Waals surface area contributed by atoms with Gasteiger partial charge in [-0.05, 0) is 36.6 Å². The number of hydrogen-bond donors (Lipinski definition) is 2. The molecule has 0 radical (unpaired) electrons. The van der Waals surface area contributed by atoms with Crippen molar-refractivity contribution in [1.29, 1.82) is 0 Å². The van der Waals surface area contributed by atoms with Crippen molar-refractivity contribution in [3.63, 3.8) is 0 Å². The molecule has 2 rings (SSSR count). The number of benzene rings is 1. The van der Waals surface area contributed by atoms with Crippen LogP contribution in [0.3, 0.4) is 0 Å². The molecule has 0 saturated carbocycles. The first-order valence-electron chi connectivity index (χ1n) is 7.87. The lowest BCUT2D eigenvalue weighted by molar-refractivity contribution is -0.139. The molecule has 1 aromatic rings. The van der Waals surface area contributed by atoms with Gasteiger partial charge in [0, 0.05) is 24.7 Å². The number of fused-ring (bicyclic) bond motifs is 1. The minimum atomic E-state index is -1.02. The largest absolute Gasteiger partial charge is 0.480 e. The van der Waals surface area contributed by atoms with Crippen LogP contribution in [0.2, 0.25) is 0 Å². The summed E-state index contributed by atoms with van der Waals surface area (Å²) >= 11 is 0. The molecule has 2 amide bonds. The molecule has 0 spiro atoms. The number of unbranched alkanes of at least 4 members (excludes halogenated alkanes) is 1. The lowest BCUT2D eigenvalue weighted by Crippen LogP contribution is -2.40. The number of nitrogens with one attached hydrogen (secondary N) is 1. The van der Waals surface area contributed by atoms with Gasteiger partial charge in [0.2, 0.25) is 5.91 Å². The highest BCUT2D eigenvalue weighted by atomic mass is 16.4. The zero-order chi connectivity index (χ0) is 17.0. The number of hydrogen-bond acceptors (Lipinski definition) is 3. The van der Waals surface area contributed by atoms with Gasteiger partial charge in [0.25, 0.3) is 5.91 Å². The molecule has 2 N–H and O–H groups in total. The maximum Gasteiger partial charge on any atom is 0.326 e. The SMILES string of the molecule is CCCC[C@H](NC(=O)c1ccc2c(c1)CCC(=O)N2C)C(=O)O. The minimum Gasteiger partial charge on any atom is -0.480 e. The summed E-state index contributed by atoms with van der Waals surface area (Å²) < 4.78 is 0. The van der Waals surface area contributed by atoms with Crippen molar-refractivity contribution in [1.82, 2.24) is 5.32 Å².